The standard InChI is InChI=1S/C14H14BrNO3/c15-8-5-6-9-10(7-8)14(19)16(13(9)18)11-3-1-2-4-12(11)17/h5-7,11-12,17H,1-4H2. The lowest BCUT2D eigenvalue weighted by molar-refractivity contribution is 0.0203. The third-order valence-electron chi connectivity index (χ3n) is 3.91. The van der Waals surface area contributed by atoms with E-state index in [4.69, 9.17) is 0 Å². The molecule has 2 aliphatic rings. The van der Waals surface area contributed by atoms with Gasteiger partial charge in [0.05, 0.1) is 23.3 Å². The lowest BCUT2D eigenvalue weighted by Gasteiger charge is -2.33. The van der Waals surface area contributed by atoms with E-state index < -0.39 is 6.10 Å². The predicted molar refractivity (Wildman–Crippen MR) is 72.9 cm³/mol. The Labute approximate surface area is 119 Å². The predicted octanol–water partition coefficient (Wildman–Crippen LogP) is 2.35. The number of carbonyl (C=O) groups excluding carboxylic acids is 2. The molecule has 0 bridgehead atoms. The van der Waals surface area contributed by atoms with Gasteiger partial charge >= 0.3 is 0 Å². The Hall–Kier alpha value is -1.20. The van der Waals surface area contributed by atoms with Crippen LogP contribution in [0.25, 0.3) is 0 Å². The van der Waals surface area contributed by atoms with Crippen LogP contribution >= 0.6 is 15.9 Å². The molecule has 4 nitrogen and oxygen atoms in total. The van der Waals surface area contributed by atoms with Gasteiger partial charge in [-0.15, -0.1) is 0 Å². The Kier molecular flexibility index (Phi) is 3.19. The van der Waals surface area contributed by atoms with Crippen molar-refractivity contribution in [3.63, 3.8) is 0 Å². The minimum atomic E-state index is -0.598. The van der Waals surface area contributed by atoms with Crippen molar-refractivity contribution in [2.45, 2.75) is 37.8 Å². The minimum Gasteiger partial charge on any atom is -0.391 e. The smallest absolute Gasteiger partial charge is 0.261 e. The van der Waals surface area contributed by atoms with E-state index >= 15 is 0 Å². The zero-order valence-electron chi connectivity index (χ0n) is 10.3. The van der Waals surface area contributed by atoms with E-state index in [-0.39, 0.29) is 17.9 Å². The molecule has 1 aromatic rings. The molecule has 1 fully saturated rings. The van der Waals surface area contributed by atoms with Crippen LogP contribution in [0.5, 0.6) is 0 Å². The van der Waals surface area contributed by atoms with Crippen LogP contribution in [0.1, 0.15) is 46.4 Å². The summed E-state index contributed by atoms with van der Waals surface area (Å²) in [6, 6.07) is 4.71. The van der Waals surface area contributed by atoms with Crippen molar-refractivity contribution in [3.05, 3.63) is 33.8 Å². The highest BCUT2D eigenvalue weighted by Crippen LogP contribution is 2.32. The molecule has 3 rings (SSSR count). The van der Waals surface area contributed by atoms with Gasteiger partial charge in [0.15, 0.2) is 0 Å². The molecule has 1 N–H and O–H groups in total. The lowest BCUT2D eigenvalue weighted by Crippen LogP contribution is -2.48. The van der Waals surface area contributed by atoms with Crippen molar-refractivity contribution >= 4 is 27.7 Å². The van der Waals surface area contributed by atoms with Crippen LogP contribution in [0, 0.1) is 0 Å². The van der Waals surface area contributed by atoms with Crippen molar-refractivity contribution in [2.75, 3.05) is 0 Å². The summed E-state index contributed by atoms with van der Waals surface area (Å²) in [6.45, 7) is 0. The zero-order valence-corrected chi connectivity index (χ0v) is 11.9. The van der Waals surface area contributed by atoms with Crippen LogP contribution in [0.3, 0.4) is 0 Å². The zero-order chi connectivity index (χ0) is 13.6. The molecule has 0 spiro atoms. The Bertz CT molecular complexity index is 558. The van der Waals surface area contributed by atoms with Crippen LogP contribution in [0.15, 0.2) is 22.7 Å². The summed E-state index contributed by atoms with van der Waals surface area (Å²) in [4.78, 5) is 26.0. The molecule has 2 amide bonds. The lowest BCUT2D eigenvalue weighted by atomic mass is 9.91. The van der Waals surface area contributed by atoms with Gasteiger partial charge in [-0.3, -0.25) is 14.5 Å². The molecular weight excluding hydrogens is 310 g/mol. The van der Waals surface area contributed by atoms with Crippen molar-refractivity contribution in [1.29, 1.82) is 0 Å². The number of aliphatic hydroxyl groups is 1. The van der Waals surface area contributed by atoms with Gasteiger partial charge in [0.2, 0.25) is 0 Å². The summed E-state index contributed by atoms with van der Waals surface area (Å²) in [5.41, 5.74) is 0.864. The molecule has 1 aliphatic carbocycles. The molecule has 0 saturated heterocycles. The van der Waals surface area contributed by atoms with Crippen molar-refractivity contribution in [1.82, 2.24) is 4.90 Å². The van der Waals surface area contributed by atoms with Crippen molar-refractivity contribution in [3.8, 4) is 0 Å². The fourth-order valence-electron chi connectivity index (χ4n) is 2.93. The quantitative estimate of drug-likeness (QED) is 0.807. The summed E-state index contributed by atoms with van der Waals surface area (Å²) in [6.07, 6.45) is 2.64. The number of rotatable bonds is 1. The number of amides is 2. The van der Waals surface area contributed by atoms with E-state index in [1.165, 1.54) is 4.90 Å². The average Bonchev–Trinajstić information content (AvgIpc) is 2.63. The third-order valence-corrected chi connectivity index (χ3v) is 4.40. The largest absolute Gasteiger partial charge is 0.391 e. The van der Waals surface area contributed by atoms with Crippen molar-refractivity contribution < 1.29 is 14.7 Å². The highest BCUT2D eigenvalue weighted by atomic mass is 79.9. The van der Waals surface area contributed by atoms with Crippen LogP contribution in [0.4, 0.5) is 0 Å². The molecule has 1 saturated carbocycles. The Morgan fingerprint density at radius 2 is 1.79 bits per heavy atom. The number of hydrogen-bond acceptors (Lipinski definition) is 3. The fourth-order valence-corrected chi connectivity index (χ4v) is 3.29. The van der Waals surface area contributed by atoms with Gasteiger partial charge in [0, 0.05) is 4.47 Å². The van der Waals surface area contributed by atoms with E-state index in [2.05, 4.69) is 15.9 Å². The first-order valence-electron chi connectivity index (χ1n) is 6.45. The molecule has 1 heterocycles. The number of hydrogen-bond donors (Lipinski definition) is 1. The van der Waals surface area contributed by atoms with Crippen molar-refractivity contribution in [2.24, 2.45) is 0 Å². The average molecular weight is 324 g/mol. The number of nitrogens with zero attached hydrogens (tertiary/aromatic N) is 1. The normalized spacial score (nSPS) is 26.7. The summed E-state index contributed by atoms with van der Waals surface area (Å²) in [5, 5.41) is 10.0. The first-order valence-corrected chi connectivity index (χ1v) is 7.24. The Morgan fingerprint density at radius 3 is 2.53 bits per heavy atom. The molecule has 2 unspecified atom stereocenters. The Morgan fingerprint density at radius 1 is 1.11 bits per heavy atom. The number of fused-ring (bicyclic) bond motifs is 1. The molecule has 19 heavy (non-hydrogen) atoms. The number of aliphatic hydroxyl groups excluding tert-OH is 1. The van der Waals surface area contributed by atoms with Crippen LogP contribution in [0.2, 0.25) is 0 Å². The number of benzene rings is 1. The van der Waals surface area contributed by atoms with Crippen LogP contribution in [-0.2, 0) is 0 Å². The summed E-state index contributed by atoms with van der Waals surface area (Å²) in [7, 11) is 0. The second-order valence-corrected chi connectivity index (χ2v) is 6.01. The second kappa shape index (κ2) is 4.72. The highest BCUT2D eigenvalue weighted by molar-refractivity contribution is 9.10. The van der Waals surface area contributed by atoms with E-state index in [9.17, 15) is 14.7 Å². The maximum absolute atomic E-state index is 12.4. The monoisotopic (exact) mass is 323 g/mol. The third kappa shape index (κ3) is 2.01. The molecule has 100 valence electrons. The van der Waals surface area contributed by atoms with E-state index in [0.29, 0.717) is 24.0 Å². The second-order valence-electron chi connectivity index (χ2n) is 5.09. The van der Waals surface area contributed by atoms with Crippen LogP contribution in [-0.4, -0.2) is 34.0 Å². The number of imide groups is 1. The summed E-state index contributed by atoms with van der Waals surface area (Å²) < 4.78 is 0.776. The van der Waals surface area contributed by atoms with Gasteiger partial charge in [-0.05, 0) is 31.0 Å². The maximum Gasteiger partial charge on any atom is 0.261 e. The number of carbonyl (C=O) groups is 2. The van der Waals surface area contributed by atoms with Crippen LogP contribution < -0.4 is 0 Å². The summed E-state index contributed by atoms with van der Waals surface area (Å²) >= 11 is 3.31. The van der Waals surface area contributed by atoms with E-state index in [1.54, 1.807) is 18.2 Å². The minimum absolute atomic E-state index is 0.279. The Balaban J connectivity index is 1.98. The molecule has 0 aromatic heterocycles. The molecule has 1 aliphatic heterocycles. The molecule has 1 aromatic carbocycles. The first-order chi connectivity index (χ1) is 9.09. The highest BCUT2D eigenvalue weighted by Gasteiger charge is 2.43. The fraction of sp³-hybridized carbons (Fsp3) is 0.429. The van der Waals surface area contributed by atoms with Gasteiger partial charge in [-0.1, -0.05) is 28.8 Å². The molecule has 5 heteroatoms. The maximum atomic E-state index is 12.4. The van der Waals surface area contributed by atoms with E-state index in [1.807, 2.05) is 0 Å². The van der Waals surface area contributed by atoms with Gasteiger partial charge in [-0.2, -0.15) is 0 Å². The molecule has 2 atom stereocenters. The molecular formula is C14H14BrNO3. The van der Waals surface area contributed by atoms with Gasteiger partial charge < -0.3 is 5.11 Å². The summed E-state index contributed by atoms with van der Waals surface area (Å²) in [5.74, 6) is -0.564. The van der Waals surface area contributed by atoms with Gasteiger partial charge in [0.1, 0.15) is 0 Å². The molecule has 0 radical (unpaired) electrons. The van der Waals surface area contributed by atoms with E-state index in [0.717, 1.165) is 17.3 Å². The first kappa shape index (κ1) is 12.8. The number of halogens is 1. The van der Waals surface area contributed by atoms with Gasteiger partial charge in [0.25, 0.3) is 11.8 Å². The SMILES string of the molecule is O=C1c2ccc(Br)cc2C(=O)N1C1CCCCC1O. The van der Waals surface area contributed by atoms with Gasteiger partial charge in [-0.25, -0.2) is 0 Å². The topological polar surface area (TPSA) is 57.6 Å².